The number of fused-ring (bicyclic) bond motifs is 3. The van der Waals surface area contributed by atoms with E-state index in [1.807, 2.05) is 58.3 Å². The van der Waals surface area contributed by atoms with Crippen LogP contribution in [0.2, 0.25) is 0 Å². The van der Waals surface area contributed by atoms with Crippen molar-refractivity contribution in [2.24, 2.45) is 0 Å². The predicted molar refractivity (Wildman–Crippen MR) is 380 cm³/mol. The fraction of sp³-hybridized carbons (Fsp3) is 0.387. The number of hydrazine groups is 1. The van der Waals surface area contributed by atoms with Crippen molar-refractivity contribution >= 4 is 93.6 Å². The quantitative estimate of drug-likeness (QED) is 0.00995. The Balaban J connectivity index is 0.000000241. The number of amides is 6. The maximum absolute atomic E-state index is 15.4. The molecule has 0 aromatic heterocycles. The molecule has 6 aromatic rings. The first-order valence-electron chi connectivity index (χ1n) is 34.1. The minimum absolute atomic E-state index is 0.00728. The number of esters is 1. The zero-order chi connectivity index (χ0) is 73.7. The van der Waals surface area contributed by atoms with E-state index >= 15 is 8.78 Å². The van der Waals surface area contributed by atoms with Crippen LogP contribution in [0.5, 0.6) is 0 Å². The molecule has 4 saturated heterocycles. The normalized spacial score (nSPS) is 16.5. The Kier molecular flexibility index (Phi) is 23.9. The predicted octanol–water partition coefficient (Wildman–Crippen LogP) is 9.40. The zero-order valence-corrected chi connectivity index (χ0v) is 58.3. The van der Waals surface area contributed by atoms with Crippen LogP contribution in [0.1, 0.15) is 105 Å². The summed E-state index contributed by atoms with van der Waals surface area (Å²) in [5.41, 5.74) is 17.4. The lowest BCUT2D eigenvalue weighted by Crippen LogP contribution is -2.49. The summed E-state index contributed by atoms with van der Waals surface area (Å²) in [4.78, 5) is 135. The maximum atomic E-state index is 15.4. The molecule has 4 aliphatic heterocycles. The van der Waals surface area contributed by atoms with Gasteiger partial charge in [0.15, 0.2) is 11.6 Å². The minimum atomic E-state index is -0.951. The Bertz CT molecular complexity index is 4120. The van der Waals surface area contributed by atoms with Crippen LogP contribution in [0.15, 0.2) is 133 Å². The molecule has 4 heterocycles. The summed E-state index contributed by atoms with van der Waals surface area (Å²) in [6.45, 7) is 13.6. The van der Waals surface area contributed by atoms with Gasteiger partial charge < -0.3 is 65.1 Å². The molecular weight excluding hydrogens is 1330 g/mol. The summed E-state index contributed by atoms with van der Waals surface area (Å²) in [5, 5.41) is 5.16. The molecule has 2 atom stereocenters. The second-order valence-electron chi connectivity index (χ2n) is 27.3. The van der Waals surface area contributed by atoms with Gasteiger partial charge in [-0.15, -0.1) is 0 Å². The molecule has 6 aromatic carbocycles. The minimum Gasteiger partial charge on any atom is -0.459 e. The Labute approximate surface area is 595 Å². The van der Waals surface area contributed by atoms with Crippen molar-refractivity contribution in [3.05, 3.63) is 167 Å². The number of carbonyl (C=O) groups excluding carboxylic acids is 10. The molecule has 1 aliphatic carbocycles. The Morgan fingerprint density at radius 1 is 0.534 bits per heavy atom. The van der Waals surface area contributed by atoms with Crippen molar-refractivity contribution in [3.63, 3.8) is 0 Å². The van der Waals surface area contributed by atoms with E-state index in [1.54, 1.807) is 124 Å². The summed E-state index contributed by atoms with van der Waals surface area (Å²) >= 11 is 0. The van der Waals surface area contributed by atoms with Crippen molar-refractivity contribution in [1.82, 2.24) is 25.9 Å². The standard InChI is InChI=1S/C46H49FN6O9.C29H36FN5O6/c1-46(2,3)62-44(58)48-25-32-27-53(45(59)61-32)31-15-16-39(38(47)24-31)51-19-21-52(22-20-51)42(56)18-17-40(54)29-9-8-10-30(23-29)50-49-26-41(55)43(57)60-28-37-35-13-6-4-11-33(35)34-12-5-7-14-36(34)37;1-29(2,3)41-27(38)32-17-22-18-35(28(39)40-22)21-7-8-24(23(30)16-21)33-11-13-34(14-12-33)26(37)10-9-25(36)19-5-4-6-20(31)15-19/h4-16,23-24,32,37,49-50H,17-22,25-28H2,1-3H3,(H,48,58);4-8,15-16,22H,9-14,17-18,31H2,1-3H3,(H,32,38)/t32-;22-/m00/s1. The van der Waals surface area contributed by atoms with Crippen LogP contribution in [0, 0.1) is 11.6 Å². The smallest absolute Gasteiger partial charge is 0.414 e. The second-order valence-corrected chi connectivity index (χ2v) is 27.3. The number of alkyl carbamates (subject to hydrolysis) is 2. The Morgan fingerprint density at radius 2 is 0.981 bits per heavy atom. The molecule has 5 aliphatic rings. The summed E-state index contributed by atoms with van der Waals surface area (Å²) in [6, 6.07) is 38.1. The van der Waals surface area contributed by atoms with Crippen molar-refractivity contribution in [2.75, 3.05) is 122 Å². The van der Waals surface area contributed by atoms with Gasteiger partial charge in [-0.3, -0.25) is 33.8 Å². The molecule has 26 nitrogen and oxygen atoms in total. The number of cyclic esters (lactones) is 2. The van der Waals surface area contributed by atoms with E-state index in [9.17, 15) is 47.9 Å². The number of anilines is 6. The third-order valence-electron chi connectivity index (χ3n) is 17.5. The van der Waals surface area contributed by atoms with E-state index in [4.69, 9.17) is 29.4 Å². The maximum Gasteiger partial charge on any atom is 0.414 e. The lowest BCUT2D eigenvalue weighted by Gasteiger charge is -2.36. The molecule has 103 heavy (non-hydrogen) atoms. The SMILES string of the molecule is CC(C)(C)OC(=O)NC[C@H]1CN(c2ccc(N3CCN(C(=O)CCC(=O)c4cccc(N)c4)CC3)c(F)c2)C(=O)O1.CC(C)(C)OC(=O)NC[C@H]1CN(c2ccc(N3CCN(C(=O)CCC(=O)c4cccc(NNCC(=O)C(=O)OCC5c6ccccc6-c6ccccc65)c4)CC3)c(F)c2)C(=O)O1. The largest absolute Gasteiger partial charge is 0.459 e. The first kappa shape index (κ1) is 74.5. The lowest BCUT2D eigenvalue weighted by molar-refractivity contribution is -0.153. The van der Waals surface area contributed by atoms with Gasteiger partial charge in [0.2, 0.25) is 11.8 Å². The molecule has 0 saturated carbocycles. The van der Waals surface area contributed by atoms with E-state index in [0.29, 0.717) is 97.6 Å². The molecule has 0 spiro atoms. The fourth-order valence-corrected chi connectivity index (χ4v) is 12.4. The van der Waals surface area contributed by atoms with Crippen LogP contribution >= 0.6 is 0 Å². The van der Waals surface area contributed by atoms with Gasteiger partial charge in [-0.25, -0.2) is 38.2 Å². The summed E-state index contributed by atoms with van der Waals surface area (Å²) in [5.74, 6) is -3.63. The number of Topliss-reactive ketones (excluding diaryl/α,β-unsaturated/α-hetero) is 3. The van der Waals surface area contributed by atoms with Crippen molar-refractivity contribution in [2.45, 2.75) is 96.6 Å². The number of hydrogen-bond donors (Lipinski definition) is 5. The number of ketones is 3. The number of piperazine rings is 2. The van der Waals surface area contributed by atoms with E-state index in [0.717, 1.165) is 22.3 Å². The Hall–Kier alpha value is -11.2. The molecule has 4 fully saturated rings. The van der Waals surface area contributed by atoms with Gasteiger partial charge in [0.1, 0.15) is 41.7 Å². The van der Waals surface area contributed by atoms with Crippen LogP contribution in [0.4, 0.5) is 62.1 Å². The number of nitrogen functional groups attached to an aromatic ring is 1. The number of benzene rings is 6. The molecule has 0 unspecified atom stereocenters. The summed E-state index contributed by atoms with van der Waals surface area (Å²) in [7, 11) is 0. The molecule has 0 radical (unpaired) electrons. The number of rotatable bonds is 23. The molecule has 6 N–H and O–H groups in total. The van der Waals surface area contributed by atoms with Gasteiger partial charge in [-0.2, -0.15) is 0 Å². The van der Waals surface area contributed by atoms with Gasteiger partial charge >= 0.3 is 30.3 Å². The molecule has 544 valence electrons. The topological polar surface area (TPSA) is 310 Å². The highest BCUT2D eigenvalue weighted by Crippen LogP contribution is 2.44. The van der Waals surface area contributed by atoms with Gasteiger partial charge in [0, 0.05) is 106 Å². The average Bonchev–Trinajstić information content (AvgIpc) is 1.72. The first-order chi connectivity index (χ1) is 49.1. The zero-order valence-electron chi connectivity index (χ0n) is 58.3. The second kappa shape index (κ2) is 33.1. The molecule has 11 rings (SSSR count). The summed E-state index contributed by atoms with van der Waals surface area (Å²) < 4.78 is 57.1. The van der Waals surface area contributed by atoms with Crippen LogP contribution in [0.3, 0.4) is 0 Å². The van der Waals surface area contributed by atoms with Gasteiger partial charge in [0.05, 0.1) is 55.5 Å². The highest BCUT2D eigenvalue weighted by Gasteiger charge is 2.37. The molecule has 0 bridgehead atoms. The average molecular weight is 1420 g/mol. The number of carbonyl (C=O) groups is 10. The highest BCUT2D eigenvalue weighted by atomic mass is 19.1. The van der Waals surface area contributed by atoms with Gasteiger partial charge in [-0.05, 0) is 124 Å². The van der Waals surface area contributed by atoms with E-state index in [-0.39, 0.29) is 94.3 Å². The molecule has 28 heteroatoms. The third-order valence-corrected chi connectivity index (χ3v) is 17.5. The van der Waals surface area contributed by atoms with E-state index in [1.165, 1.54) is 21.9 Å². The molecule has 6 amide bonds. The lowest BCUT2D eigenvalue weighted by atomic mass is 9.98. The number of halogens is 2. The van der Waals surface area contributed by atoms with Crippen LogP contribution in [-0.4, -0.2) is 184 Å². The Morgan fingerprint density at radius 3 is 1.43 bits per heavy atom. The van der Waals surface area contributed by atoms with Crippen molar-refractivity contribution in [1.29, 1.82) is 0 Å². The monoisotopic (exact) mass is 1420 g/mol. The highest BCUT2D eigenvalue weighted by molar-refractivity contribution is 6.34. The number of nitrogens with two attached hydrogens (primary N) is 1. The number of nitrogens with one attached hydrogen (secondary N) is 4. The van der Waals surface area contributed by atoms with E-state index < -0.39 is 71.2 Å². The van der Waals surface area contributed by atoms with Gasteiger partial charge in [0.25, 0.3) is 5.78 Å². The summed E-state index contributed by atoms with van der Waals surface area (Å²) in [6.07, 6.45) is -3.63. The van der Waals surface area contributed by atoms with Crippen molar-refractivity contribution < 1.29 is 80.4 Å². The molecular formula is C75H85F2N11O15. The van der Waals surface area contributed by atoms with Crippen molar-refractivity contribution in [3.8, 4) is 11.1 Å². The fourth-order valence-electron chi connectivity index (χ4n) is 12.4. The van der Waals surface area contributed by atoms with E-state index in [2.05, 4.69) is 21.5 Å². The van der Waals surface area contributed by atoms with Crippen LogP contribution in [-0.2, 0) is 42.9 Å². The van der Waals surface area contributed by atoms with Crippen LogP contribution in [0.25, 0.3) is 11.1 Å². The first-order valence-corrected chi connectivity index (χ1v) is 34.1. The van der Waals surface area contributed by atoms with Gasteiger partial charge in [-0.1, -0.05) is 72.8 Å². The third kappa shape index (κ3) is 19.9. The number of ether oxygens (including phenoxy) is 5. The number of hydrogen-bond acceptors (Lipinski definition) is 20. The number of nitrogens with zero attached hydrogens (tertiary/aromatic N) is 6. The van der Waals surface area contributed by atoms with Crippen LogP contribution < -0.4 is 46.8 Å².